The zero-order valence-electron chi connectivity index (χ0n) is 10.8. The number of carboxylic acids is 1. The standard InChI is InChI=1S/C13H19NO3.ClH/c1-13(2,3)9-6-8(4-5-11(9)15)7-10(14)12(16)17;/h4-6,10,15H,7,14H2,1-3H3,(H,16,17);1H/t10-;/m0./s1. The monoisotopic (exact) mass is 273 g/mol. The zero-order chi connectivity index (χ0) is 13.2. The number of aliphatic carboxylic acids is 1. The van der Waals surface area contributed by atoms with E-state index in [1.54, 1.807) is 12.1 Å². The Kier molecular flexibility index (Phi) is 5.64. The molecule has 0 heterocycles. The minimum Gasteiger partial charge on any atom is -0.508 e. The van der Waals surface area contributed by atoms with Gasteiger partial charge in [0, 0.05) is 0 Å². The highest BCUT2D eigenvalue weighted by Crippen LogP contribution is 2.31. The number of phenols is 1. The van der Waals surface area contributed by atoms with E-state index in [9.17, 15) is 9.90 Å². The fourth-order valence-electron chi connectivity index (χ4n) is 1.65. The molecule has 4 N–H and O–H groups in total. The second-order valence-corrected chi connectivity index (χ2v) is 5.25. The van der Waals surface area contributed by atoms with Crippen LogP contribution in [0.4, 0.5) is 0 Å². The minimum atomic E-state index is -1.02. The van der Waals surface area contributed by atoms with Crippen molar-refractivity contribution in [1.82, 2.24) is 0 Å². The fourth-order valence-corrected chi connectivity index (χ4v) is 1.65. The third-order valence-electron chi connectivity index (χ3n) is 2.64. The summed E-state index contributed by atoms with van der Waals surface area (Å²) in [6.45, 7) is 5.97. The molecule has 1 rings (SSSR count). The number of carboxylic acid groups (broad SMARTS) is 1. The highest BCUT2D eigenvalue weighted by Gasteiger charge is 2.19. The molecule has 1 aromatic carbocycles. The maximum Gasteiger partial charge on any atom is 0.320 e. The van der Waals surface area contributed by atoms with E-state index in [1.807, 2.05) is 26.8 Å². The third-order valence-corrected chi connectivity index (χ3v) is 2.64. The maximum atomic E-state index is 10.7. The van der Waals surface area contributed by atoms with E-state index in [-0.39, 0.29) is 30.0 Å². The molecule has 0 aromatic heterocycles. The summed E-state index contributed by atoms with van der Waals surface area (Å²) < 4.78 is 0. The Morgan fingerprint density at radius 1 is 1.39 bits per heavy atom. The highest BCUT2D eigenvalue weighted by atomic mass is 35.5. The minimum absolute atomic E-state index is 0. The summed E-state index contributed by atoms with van der Waals surface area (Å²) >= 11 is 0. The highest BCUT2D eigenvalue weighted by molar-refractivity contribution is 5.85. The van der Waals surface area contributed by atoms with Gasteiger partial charge in [-0.05, 0) is 29.0 Å². The van der Waals surface area contributed by atoms with Crippen LogP contribution in [0.5, 0.6) is 5.75 Å². The van der Waals surface area contributed by atoms with Gasteiger partial charge in [-0.1, -0.05) is 32.9 Å². The van der Waals surface area contributed by atoms with Crippen molar-refractivity contribution in [3.8, 4) is 5.75 Å². The van der Waals surface area contributed by atoms with Crippen molar-refractivity contribution in [3.63, 3.8) is 0 Å². The molecule has 0 unspecified atom stereocenters. The van der Waals surface area contributed by atoms with Crippen molar-refractivity contribution in [2.45, 2.75) is 38.6 Å². The largest absolute Gasteiger partial charge is 0.508 e. The van der Waals surface area contributed by atoms with Crippen LogP contribution in [0.25, 0.3) is 0 Å². The molecule has 4 nitrogen and oxygen atoms in total. The van der Waals surface area contributed by atoms with Crippen LogP contribution in [-0.2, 0) is 16.6 Å². The van der Waals surface area contributed by atoms with Gasteiger partial charge in [0.25, 0.3) is 0 Å². The number of halogens is 1. The molecule has 0 aliphatic heterocycles. The van der Waals surface area contributed by atoms with Crippen LogP contribution in [0.1, 0.15) is 31.9 Å². The predicted octanol–water partition coefficient (Wildman–Crippen LogP) is 2.07. The molecule has 5 heteroatoms. The lowest BCUT2D eigenvalue weighted by Gasteiger charge is -2.21. The Morgan fingerprint density at radius 2 is 1.94 bits per heavy atom. The quantitative estimate of drug-likeness (QED) is 0.787. The van der Waals surface area contributed by atoms with E-state index in [0.29, 0.717) is 0 Å². The first-order chi connectivity index (χ1) is 7.71. The predicted molar refractivity (Wildman–Crippen MR) is 73.4 cm³/mol. The lowest BCUT2D eigenvalue weighted by Crippen LogP contribution is -2.32. The van der Waals surface area contributed by atoms with Crippen LogP contribution >= 0.6 is 12.4 Å². The average Bonchev–Trinajstić information content (AvgIpc) is 2.19. The van der Waals surface area contributed by atoms with Crippen molar-refractivity contribution in [2.75, 3.05) is 0 Å². The molecule has 0 saturated carbocycles. The first-order valence-corrected chi connectivity index (χ1v) is 5.52. The van der Waals surface area contributed by atoms with E-state index < -0.39 is 12.0 Å². The second-order valence-electron chi connectivity index (χ2n) is 5.25. The number of carbonyl (C=O) groups is 1. The average molecular weight is 274 g/mol. The van der Waals surface area contributed by atoms with Crippen molar-refractivity contribution in [3.05, 3.63) is 29.3 Å². The second kappa shape index (κ2) is 6.07. The molecule has 0 aliphatic rings. The molecular weight excluding hydrogens is 254 g/mol. The first kappa shape index (κ1) is 16.7. The van der Waals surface area contributed by atoms with Crippen LogP contribution in [0, 0.1) is 0 Å². The van der Waals surface area contributed by atoms with Gasteiger partial charge in [-0.15, -0.1) is 12.4 Å². The number of benzene rings is 1. The van der Waals surface area contributed by atoms with Crippen LogP contribution in [0.3, 0.4) is 0 Å². The normalized spacial score (nSPS) is 12.7. The number of rotatable bonds is 3. The Labute approximate surface area is 113 Å². The number of hydrogen-bond acceptors (Lipinski definition) is 3. The molecule has 0 spiro atoms. The summed E-state index contributed by atoms with van der Waals surface area (Å²) in [6.07, 6.45) is 0.263. The van der Waals surface area contributed by atoms with Gasteiger partial charge in [0.05, 0.1) is 0 Å². The van der Waals surface area contributed by atoms with E-state index >= 15 is 0 Å². The van der Waals surface area contributed by atoms with E-state index in [0.717, 1.165) is 11.1 Å². The molecule has 18 heavy (non-hydrogen) atoms. The van der Waals surface area contributed by atoms with Gasteiger partial charge in [-0.3, -0.25) is 4.79 Å². The number of phenolic OH excluding ortho intramolecular Hbond substituents is 1. The number of nitrogens with two attached hydrogens (primary N) is 1. The lowest BCUT2D eigenvalue weighted by molar-refractivity contribution is -0.138. The first-order valence-electron chi connectivity index (χ1n) is 5.52. The van der Waals surface area contributed by atoms with Gasteiger partial charge in [-0.25, -0.2) is 0 Å². The van der Waals surface area contributed by atoms with Gasteiger partial charge in [0.15, 0.2) is 0 Å². The molecule has 1 aromatic rings. The Bertz CT molecular complexity index is 427. The molecule has 102 valence electrons. The van der Waals surface area contributed by atoms with Crippen molar-refractivity contribution < 1.29 is 15.0 Å². The number of hydrogen-bond donors (Lipinski definition) is 3. The third kappa shape index (κ3) is 4.20. The maximum absolute atomic E-state index is 10.7. The summed E-state index contributed by atoms with van der Waals surface area (Å²) in [6, 6.07) is 4.20. The van der Waals surface area contributed by atoms with Gasteiger partial charge in [0.1, 0.15) is 11.8 Å². The zero-order valence-corrected chi connectivity index (χ0v) is 11.6. The molecule has 0 bridgehead atoms. The molecule has 0 amide bonds. The SMILES string of the molecule is CC(C)(C)c1cc(C[C@H](N)C(=O)O)ccc1O.Cl. The van der Waals surface area contributed by atoms with E-state index in [4.69, 9.17) is 10.8 Å². The number of aromatic hydroxyl groups is 1. The lowest BCUT2D eigenvalue weighted by atomic mass is 9.85. The van der Waals surface area contributed by atoms with Gasteiger partial charge in [0.2, 0.25) is 0 Å². The summed E-state index contributed by atoms with van der Waals surface area (Å²) in [5.74, 6) is -0.791. The van der Waals surface area contributed by atoms with Crippen molar-refractivity contribution in [2.24, 2.45) is 5.73 Å². The van der Waals surface area contributed by atoms with Crippen molar-refractivity contribution in [1.29, 1.82) is 0 Å². The fraction of sp³-hybridized carbons (Fsp3) is 0.462. The molecule has 0 aliphatic carbocycles. The molecule has 0 fully saturated rings. The summed E-state index contributed by atoms with van der Waals surface area (Å²) in [5, 5.41) is 18.5. The van der Waals surface area contributed by atoms with Crippen LogP contribution in [0.15, 0.2) is 18.2 Å². The van der Waals surface area contributed by atoms with Gasteiger partial charge < -0.3 is 15.9 Å². The topological polar surface area (TPSA) is 83.6 Å². The Hall–Kier alpha value is -1.26. The Balaban J connectivity index is 0.00000289. The molecular formula is C13H20ClNO3. The smallest absolute Gasteiger partial charge is 0.320 e. The van der Waals surface area contributed by atoms with Crippen LogP contribution < -0.4 is 5.73 Å². The van der Waals surface area contributed by atoms with Crippen LogP contribution in [0.2, 0.25) is 0 Å². The molecule has 0 radical (unpaired) electrons. The van der Waals surface area contributed by atoms with Crippen molar-refractivity contribution >= 4 is 18.4 Å². The van der Waals surface area contributed by atoms with Crippen LogP contribution in [-0.4, -0.2) is 22.2 Å². The summed E-state index contributed by atoms with van der Waals surface area (Å²) in [7, 11) is 0. The summed E-state index contributed by atoms with van der Waals surface area (Å²) in [4.78, 5) is 10.7. The Morgan fingerprint density at radius 3 is 2.39 bits per heavy atom. The van der Waals surface area contributed by atoms with Gasteiger partial charge >= 0.3 is 5.97 Å². The van der Waals surface area contributed by atoms with E-state index in [1.165, 1.54) is 0 Å². The molecule has 1 atom stereocenters. The van der Waals surface area contributed by atoms with Gasteiger partial charge in [-0.2, -0.15) is 0 Å². The van der Waals surface area contributed by atoms with E-state index in [2.05, 4.69) is 0 Å². The summed E-state index contributed by atoms with van der Waals surface area (Å²) in [5.41, 5.74) is 6.92. The molecule has 0 saturated heterocycles.